The first-order chi connectivity index (χ1) is 7.58. The minimum absolute atomic E-state index is 0.0428. The fourth-order valence-electron chi connectivity index (χ4n) is 1.66. The maximum absolute atomic E-state index is 12.9. The molecule has 2 aromatic rings. The van der Waals surface area contributed by atoms with E-state index in [1.54, 1.807) is 24.3 Å². The Morgan fingerprint density at radius 2 is 1.88 bits per heavy atom. The molecule has 3 heteroatoms. The molecule has 0 heterocycles. The Morgan fingerprint density at radius 1 is 1.12 bits per heavy atom. The summed E-state index contributed by atoms with van der Waals surface area (Å²) in [6.45, 7) is 1.83. The highest BCUT2D eigenvalue weighted by atomic mass is 19.1. The predicted molar refractivity (Wildman–Crippen MR) is 62.7 cm³/mol. The number of hydrogen-bond donors (Lipinski definition) is 2. The first kappa shape index (κ1) is 10.5. The van der Waals surface area contributed by atoms with Gasteiger partial charge >= 0.3 is 0 Å². The number of phenols is 1. The van der Waals surface area contributed by atoms with E-state index in [0.717, 1.165) is 16.7 Å². The van der Waals surface area contributed by atoms with Crippen molar-refractivity contribution >= 4 is 5.69 Å². The molecule has 16 heavy (non-hydrogen) atoms. The fraction of sp³-hybridized carbons (Fsp3) is 0.0769. The van der Waals surface area contributed by atoms with Crippen LogP contribution < -0.4 is 5.73 Å². The van der Waals surface area contributed by atoms with Crippen LogP contribution in [0.5, 0.6) is 5.75 Å². The Bertz CT molecular complexity index is 537. The smallest absolute Gasteiger partial charge is 0.139 e. The van der Waals surface area contributed by atoms with Crippen molar-refractivity contribution in [2.75, 3.05) is 5.73 Å². The van der Waals surface area contributed by atoms with Crippen molar-refractivity contribution in [3.8, 4) is 16.9 Å². The van der Waals surface area contributed by atoms with Crippen LogP contribution in [0.2, 0.25) is 0 Å². The minimum Gasteiger partial charge on any atom is -0.506 e. The van der Waals surface area contributed by atoms with Gasteiger partial charge in [-0.15, -0.1) is 0 Å². The number of halogens is 1. The Kier molecular flexibility index (Phi) is 2.52. The van der Waals surface area contributed by atoms with E-state index in [1.807, 2.05) is 6.92 Å². The highest BCUT2D eigenvalue weighted by Gasteiger charge is 2.05. The molecule has 0 saturated carbocycles. The van der Waals surface area contributed by atoms with E-state index >= 15 is 0 Å². The van der Waals surface area contributed by atoms with Crippen molar-refractivity contribution in [2.45, 2.75) is 6.92 Å². The van der Waals surface area contributed by atoms with Gasteiger partial charge in [0.1, 0.15) is 11.6 Å². The molecule has 0 unspecified atom stereocenters. The lowest BCUT2D eigenvalue weighted by Gasteiger charge is -2.07. The molecule has 0 aliphatic carbocycles. The van der Waals surface area contributed by atoms with E-state index in [0.29, 0.717) is 5.69 Å². The second-order valence-electron chi connectivity index (χ2n) is 3.73. The van der Waals surface area contributed by atoms with Crippen molar-refractivity contribution in [1.29, 1.82) is 0 Å². The largest absolute Gasteiger partial charge is 0.506 e. The molecule has 0 fully saturated rings. The molecule has 0 saturated heterocycles. The third-order valence-corrected chi connectivity index (χ3v) is 2.53. The van der Waals surface area contributed by atoms with Crippen LogP contribution in [0.3, 0.4) is 0 Å². The molecule has 0 amide bonds. The quantitative estimate of drug-likeness (QED) is 0.569. The summed E-state index contributed by atoms with van der Waals surface area (Å²) in [7, 11) is 0. The van der Waals surface area contributed by atoms with Gasteiger partial charge in [0.05, 0.1) is 5.69 Å². The van der Waals surface area contributed by atoms with Crippen LogP contribution in [0.1, 0.15) is 5.56 Å². The van der Waals surface area contributed by atoms with Gasteiger partial charge < -0.3 is 10.8 Å². The van der Waals surface area contributed by atoms with E-state index < -0.39 is 0 Å². The number of benzene rings is 2. The molecule has 3 N–H and O–H groups in total. The topological polar surface area (TPSA) is 46.2 Å². The zero-order valence-corrected chi connectivity index (χ0v) is 8.87. The first-order valence-electron chi connectivity index (χ1n) is 4.93. The van der Waals surface area contributed by atoms with E-state index in [1.165, 1.54) is 12.1 Å². The molecule has 0 bridgehead atoms. The average molecular weight is 217 g/mol. The van der Waals surface area contributed by atoms with Crippen LogP contribution in [0.4, 0.5) is 10.1 Å². The van der Waals surface area contributed by atoms with Crippen molar-refractivity contribution in [3.63, 3.8) is 0 Å². The zero-order chi connectivity index (χ0) is 11.7. The molecule has 0 aliphatic rings. The van der Waals surface area contributed by atoms with Gasteiger partial charge in [-0.05, 0) is 47.9 Å². The standard InChI is InChI=1S/C13H12FNO/c1-8-6-10(14)3-4-11(8)9-2-5-12(15)13(16)7-9/h2-7,16H,15H2,1H3. The van der Waals surface area contributed by atoms with E-state index in [2.05, 4.69) is 0 Å². The number of nitrogens with two attached hydrogens (primary N) is 1. The van der Waals surface area contributed by atoms with Gasteiger partial charge in [0.2, 0.25) is 0 Å². The molecule has 0 atom stereocenters. The molecule has 2 nitrogen and oxygen atoms in total. The summed E-state index contributed by atoms with van der Waals surface area (Å²) in [6.07, 6.45) is 0. The first-order valence-corrected chi connectivity index (χ1v) is 4.93. The molecule has 2 rings (SSSR count). The Morgan fingerprint density at radius 3 is 2.50 bits per heavy atom. The summed E-state index contributed by atoms with van der Waals surface area (Å²) in [5, 5.41) is 9.51. The monoisotopic (exact) mass is 217 g/mol. The Balaban J connectivity index is 2.54. The fourth-order valence-corrected chi connectivity index (χ4v) is 1.66. The van der Waals surface area contributed by atoms with Crippen LogP contribution >= 0.6 is 0 Å². The van der Waals surface area contributed by atoms with Crippen LogP contribution in [0.25, 0.3) is 11.1 Å². The number of rotatable bonds is 1. The molecule has 0 spiro atoms. The number of nitrogen functional groups attached to an aromatic ring is 1. The number of hydrogen-bond acceptors (Lipinski definition) is 2. The Hall–Kier alpha value is -2.03. The van der Waals surface area contributed by atoms with Crippen molar-refractivity contribution in [3.05, 3.63) is 47.8 Å². The van der Waals surface area contributed by atoms with Crippen molar-refractivity contribution in [1.82, 2.24) is 0 Å². The lowest BCUT2D eigenvalue weighted by molar-refractivity contribution is 0.478. The Labute approximate surface area is 93.2 Å². The summed E-state index contributed by atoms with van der Waals surface area (Å²) in [4.78, 5) is 0. The highest BCUT2D eigenvalue weighted by Crippen LogP contribution is 2.29. The maximum Gasteiger partial charge on any atom is 0.139 e. The van der Waals surface area contributed by atoms with Gasteiger partial charge in [0, 0.05) is 0 Å². The molecule has 0 radical (unpaired) electrons. The van der Waals surface area contributed by atoms with E-state index in [4.69, 9.17) is 5.73 Å². The molecule has 82 valence electrons. The number of phenolic OH excluding ortho intramolecular Hbond substituents is 1. The van der Waals surface area contributed by atoms with Gasteiger partial charge in [-0.1, -0.05) is 12.1 Å². The normalized spacial score (nSPS) is 10.4. The van der Waals surface area contributed by atoms with E-state index in [9.17, 15) is 9.50 Å². The van der Waals surface area contributed by atoms with Crippen LogP contribution in [0.15, 0.2) is 36.4 Å². The van der Waals surface area contributed by atoms with Crippen LogP contribution in [0, 0.1) is 12.7 Å². The zero-order valence-electron chi connectivity index (χ0n) is 8.87. The molecule has 0 aromatic heterocycles. The number of anilines is 1. The van der Waals surface area contributed by atoms with Crippen LogP contribution in [-0.4, -0.2) is 5.11 Å². The van der Waals surface area contributed by atoms with Crippen molar-refractivity contribution in [2.24, 2.45) is 0 Å². The number of aromatic hydroxyl groups is 1. The van der Waals surface area contributed by atoms with Crippen LogP contribution in [-0.2, 0) is 0 Å². The van der Waals surface area contributed by atoms with Gasteiger partial charge in [0.15, 0.2) is 0 Å². The minimum atomic E-state index is -0.263. The van der Waals surface area contributed by atoms with Gasteiger partial charge in [-0.2, -0.15) is 0 Å². The van der Waals surface area contributed by atoms with E-state index in [-0.39, 0.29) is 11.6 Å². The van der Waals surface area contributed by atoms with Gasteiger partial charge in [-0.25, -0.2) is 4.39 Å². The second-order valence-corrected chi connectivity index (χ2v) is 3.73. The SMILES string of the molecule is Cc1cc(F)ccc1-c1ccc(N)c(O)c1. The third kappa shape index (κ3) is 1.84. The summed E-state index contributed by atoms with van der Waals surface area (Å²) >= 11 is 0. The summed E-state index contributed by atoms with van der Waals surface area (Å²) in [6, 6.07) is 9.56. The summed E-state index contributed by atoms with van der Waals surface area (Å²) < 4.78 is 12.9. The number of aryl methyl sites for hydroxylation is 1. The van der Waals surface area contributed by atoms with Gasteiger partial charge in [0.25, 0.3) is 0 Å². The van der Waals surface area contributed by atoms with Crippen molar-refractivity contribution < 1.29 is 9.50 Å². The molecular formula is C13H12FNO. The molecular weight excluding hydrogens is 205 g/mol. The second kappa shape index (κ2) is 3.85. The highest BCUT2D eigenvalue weighted by molar-refractivity contribution is 5.71. The summed E-state index contributed by atoms with van der Waals surface area (Å²) in [5.41, 5.74) is 8.39. The molecule has 2 aromatic carbocycles. The summed E-state index contributed by atoms with van der Waals surface area (Å²) in [5.74, 6) is -0.220. The third-order valence-electron chi connectivity index (χ3n) is 2.53. The average Bonchev–Trinajstić information content (AvgIpc) is 2.22. The lowest BCUT2D eigenvalue weighted by Crippen LogP contribution is -1.88. The van der Waals surface area contributed by atoms with Gasteiger partial charge in [-0.3, -0.25) is 0 Å². The maximum atomic E-state index is 12.9. The molecule has 0 aliphatic heterocycles. The predicted octanol–water partition coefficient (Wildman–Crippen LogP) is 3.09. The lowest BCUT2D eigenvalue weighted by atomic mass is 10.00.